The first-order valence-corrected chi connectivity index (χ1v) is 22.5. The van der Waals surface area contributed by atoms with E-state index in [-0.39, 0.29) is 10.8 Å². The molecule has 270 valence electrons. The van der Waals surface area contributed by atoms with Crippen LogP contribution in [-0.4, -0.2) is 0 Å². The zero-order valence-corrected chi connectivity index (χ0v) is 36.2. The average Bonchev–Trinajstić information content (AvgIpc) is 3.96. The SMILES string of the molecule is Cc1ccc(-c2sc(C3=Cc4c(c5cc(C(C)(C)C)cc6c7c(c8cc(C(C)(C)C)cc4c8c56)C=C(c4cc(C)c(-c5ccc(C)s5)s4)C7)C3)cc2C)s1. The van der Waals surface area contributed by atoms with Gasteiger partial charge in [0.25, 0.3) is 0 Å². The second-order valence-corrected chi connectivity index (χ2v) is 22.6. The first-order chi connectivity index (χ1) is 25.6. The average molecular weight is 775 g/mol. The first kappa shape index (κ1) is 34.7. The van der Waals surface area contributed by atoms with Crippen LogP contribution < -0.4 is 0 Å². The molecular formula is C50H46S4. The van der Waals surface area contributed by atoms with Crippen molar-refractivity contribution in [1.29, 1.82) is 0 Å². The fourth-order valence-electron chi connectivity index (χ4n) is 8.95. The molecular weight excluding hydrogens is 729 g/mol. The van der Waals surface area contributed by atoms with E-state index in [9.17, 15) is 0 Å². The van der Waals surface area contributed by atoms with Gasteiger partial charge in [-0.1, -0.05) is 53.7 Å². The topological polar surface area (TPSA) is 0 Å². The molecule has 54 heavy (non-hydrogen) atoms. The van der Waals surface area contributed by atoms with Crippen molar-refractivity contribution in [2.45, 2.75) is 92.9 Å². The van der Waals surface area contributed by atoms with Crippen LogP contribution in [0, 0.1) is 27.7 Å². The van der Waals surface area contributed by atoms with E-state index in [1.165, 1.54) is 127 Å². The second kappa shape index (κ2) is 11.9. The van der Waals surface area contributed by atoms with Gasteiger partial charge in [0.05, 0.1) is 0 Å². The van der Waals surface area contributed by atoms with Crippen molar-refractivity contribution in [3.05, 3.63) is 125 Å². The molecule has 0 nitrogen and oxygen atoms in total. The highest BCUT2D eigenvalue weighted by molar-refractivity contribution is 7.23. The van der Waals surface area contributed by atoms with Crippen LogP contribution in [0.4, 0.5) is 0 Å². The lowest BCUT2D eigenvalue weighted by molar-refractivity contribution is 0.591. The van der Waals surface area contributed by atoms with Crippen molar-refractivity contribution >= 4 is 101 Å². The smallest absolute Gasteiger partial charge is 0.0478 e. The molecule has 0 radical (unpaired) electrons. The van der Waals surface area contributed by atoms with Crippen LogP contribution in [-0.2, 0) is 23.7 Å². The Labute approximate surface area is 335 Å². The predicted octanol–water partition coefficient (Wildman–Crippen LogP) is 16.2. The summed E-state index contributed by atoms with van der Waals surface area (Å²) in [5.74, 6) is 0. The Morgan fingerprint density at radius 1 is 0.444 bits per heavy atom. The Bertz CT molecular complexity index is 2750. The molecule has 0 bridgehead atoms. The minimum Gasteiger partial charge on any atom is -0.140 e. The molecule has 2 aliphatic carbocycles. The van der Waals surface area contributed by atoms with Gasteiger partial charge in [0.1, 0.15) is 0 Å². The van der Waals surface area contributed by atoms with E-state index in [0.717, 1.165) is 12.8 Å². The number of hydrogen-bond donors (Lipinski definition) is 0. The van der Waals surface area contributed by atoms with Gasteiger partial charge in [0, 0.05) is 51.9 Å². The summed E-state index contributed by atoms with van der Waals surface area (Å²) in [6.45, 7) is 23.3. The fourth-order valence-corrected chi connectivity index (χ4v) is 13.4. The number of fused-ring (bicyclic) bond motifs is 6. The summed E-state index contributed by atoms with van der Waals surface area (Å²) in [6, 6.07) is 24.3. The van der Waals surface area contributed by atoms with E-state index < -0.39 is 0 Å². The van der Waals surface area contributed by atoms with Crippen LogP contribution in [0.3, 0.4) is 0 Å². The van der Waals surface area contributed by atoms with Crippen molar-refractivity contribution in [3.8, 4) is 19.5 Å². The van der Waals surface area contributed by atoms with Gasteiger partial charge >= 0.3 is 0 Å². The number of allylic oxidation sites excluding steroid dienone is 2. The molecule has 8 aromatic rings. The monoisotopic (exact) mass is 774 g/mol. The van der Waals surface area contributed by atoms with Crippen molar-refractivity contribution in [2.75, 3.05) is 0 Å². The molecule has 0 N–H and O–H groups in total. The van der Waals surface area contributed by atoms with Crippen molar-refractivity contribution < 1.29 is 0 Å². The maximum atomic E-state index is 2.57. The standard InChI is InChI=1S/C50H46S4/c1-25-15-43(53-47(25)41-13-11-27(3)51-41)29-17-33-34(18-29)38-22-32(50(8,9)10)24-40-36-20-30(44-16-26(2)48(54-44)42-14-12-28(4)52-42)19-35(36)39-23-31(49(5,6)7)21-37(33)45(39)46(38)40/h11-17,19,21-24H,18,20H2,1-10H3. The second-order valence-electron chi connectivity index (χ2n) is 17.9. The summed E-state index contributed by atoms with van der Waals surface area (Å²) >= 11 is 7.78. The maximum Gasteiger partial charge on any atom is 0.0478 e. The summed E-state index contributed by atoms with van der Waals surface area (Å²) in [5.41, 5.74) is 14.5. The molecule has 4 heteroatoms. The summed E-state index contributed by atoms with van der Waals surface area (Å²) in [6.07, 6.45) is 7.09. The van der Waals surface area contributed by atoms with E-state index in [1.807, 2.05) is 45.3 Å². The van der Waals surface area contributed by atoms with Gasteiger partial charge in [0.15, 0.2) is 0 Å². The van der Waals surface area contributed by atoms with Gasteiger partial charge in [0.2, 0.25) is 0 Å². The Hall–Kier alpha value is -3.80. The lowest BCUT2D eigenvalue weighted by atomic mass is 9.77. The number of thiophene rings is 4. The highest BCUT2D eigenvalue weighted by atomic mass is 32.1. The third kappa shape index (κ3) is 5.31. The molecule has 0 amide bonds. The summed E-state index contributed by atoms with van der Waals surface area (Å²) < 4.78 is 0. The predicted molar refractivity (Wildman–Crippen MR) is 245 cm³/mol. The van der Waals surface area contributed by atoms with Crippen molar-refractivity contribution in [1.82, 2.24) is 0 Å². The number of benzene rings is 4. The van der Waals surface area contributed by atoms with E-state index in [4.69, 9.17) is 0 Å². The lowest BCUT2D eigenvalue weighted by Crippen LogP contribution is -2.13. The molecule has 0 unspecified atom stereocenters. The molecule has 0 atom stereocenters. The normalized spacial score (nSPS) is 14.6. The molecule has 10 rings (SSSR count). The van der Waals surface area contributed by atoms with Crippen LogP contribution in [0.2, 0.25) is 0 Å². The van der Waals surface area contributed by atoms with Crippen LogP contribution in [0.5, 0.6) is 0 Å². The molecule has 4 heterocycles. The van der Waals surface area contributed by atoms with Gasteiger partial charge < -0.3 is 0 Å². The minimum absolute atomic E-state index is 0.0249. The van der Waals surface area contributed by atoms with Gasteiger partial charge in [-0.3, -0.25) is 0 Å². The Balaban J connectivity index is 1.24. The highest BCUT2D eigenvalue weighted by Gasteiger charge is 2.31. The van der Waals surface area contributed by atoms with Crippen LogP contribution >= 0.6 is 45.3 Å². The van der Waals surface area contributed by atoms with Gasteiger partial charge in [-0.15, -0.1) is 45.3 Å². The zero-order chi connectivity index (χ0) is 37.6. The number of aryl methyl sites for hydroxylation is 4. The van der Waals surface area contributed by atoms with Crippen molar-refractivity contribution in [2.24, 2.45) is 0 Å². The quantitative estimate of drug-likeness (QED) is 0.156. The van der Waals surface area contributed by atoms with Crippen LogP contribution in [0.25, 0.3) is 75.1 Å². The molecule has 4 aromatic heterocycles. The minimum atomic E-state index is 0.0249. The molecule has 0 aliphatic heterocycles. The van der Waals surface area contributed by atoms with Gasteiger partial charge in [-0.25, -0.2) is 0 Å². The van der Waals surface area contributed by atoms with Crippen molar-refractivity contribution in [3.63, 3.8) is 0 Å². The summed E-state index contributed by atoms with van der Waals surface area (Å²) in [7, 11) is 0. The molecule has 0 saturated heterocycles. The fraction of sp³-hybridized carbons (Fsp3) is 0.280. The molecule has 0 saturated carbocycles. The molecule has 4 aromatic carbocycles. The summed E-state index contributed by atoms with van der Waals surface area (Å²) in [5, 5.41) is 8.71. The third-order valence-corrected chi connectivity index (χ3v) is 16.9. The highest BCUT2D eigenvalue weighted by Crippen LogP contribution is 2.53. The third-order valence-electron chi connectivity index (χ3n) is 11.9. The van der Waals surface area contributed by atoms with E-state index in [0.29, 0.717) is 0 Å². The van der Waals surface area contributed by atoms with Crippen LogP contribution in [0.15, 0.2) is 60.7 Å². The number of rotatable bonds is 4. The Morgan fingerprint density at radius 3 is 1.20 bits per heavy atom. The maximum absolute atomic E-state index is 2.57. The van der Waals surface area contributed by atoms with Gasteiger partial charge in [-0.05, 0) is 187 Å². The van der Waals surface area contributed by atoms with E-state index in [1.54, 1.807) is 0 Å². The molecule has 2 aliphatic rings. The van der Waals surface area contributed by atoms with E-state index in [2.05, 4.69) is 142 Å². The van der Waals surface area contributed by atoms with Crippen LogP contribution in [0.1, 0.15) is 106 Å². The summed E-state index contributed by atoms with van der Waals surface area (Å²) in [4.78, 5) is 11.2. The Morgan fingerprint density at radius 2 is 0.833 bits per heavy atom. The molecule has 0 fully saturated rings. The Kier molecular flexibility index (Phi) is 7.61. The van der Waals surface area contributed by atoms with E-state index >= 15 is 0 Å². The van der Waals surface area contributed by atoms with Gasteiger partial charge in [-0.2, -0.15) is 0 Å². The number of hydrogen-bond acceptors (Lipinski definition) is 4. The largest absolute Gasteiger partial charge is 0.140 e. The first-order valence-electron chi connectivity index (χ1n) is 19.2. The molecule has 0 spiro atoms. The zero-order valence-electron chi connectivity index (χ0n) is 33.0. The lowest BCUT2D eigenvalue weighted by Gasteiger charge is -2.27.